The highest BCUT2D eigenvalue weighted by atomic mass is 32.7. The molecule has 0 atom stereocenters. The van der Waals surface area contributed by atoms with Crippen LogP contribution in [-0.2, 0) is 10.3 Å². The van der Waals surface area contributed by atoms with Gasteiger partial charge in [0.05, 0.1) is 0 Å². The minimum Gasteiger partial charge on any atom is -0.317 e. The lowest BCUT2D eigenvalue weighted by atomic mass is 10.1. The van der Waals surface area contributed by atoms with Crippen molar-refractivity contribution in [3.05, 3.63) is 35.4 Å². The van der Waals surface area contributed by atoms with Crippen molar-refractivity contribution in [1.29, 1.82) is 0 Å². The van der Waals surface area contributed by atoms with E-state index in [4.69, 9.17) is 9.79 Å². The Hall–Kier alpha value is -0.610. The van der Waals surface area contributed by atoms with E-state index in [1.807, 2.05) is 0 Å². The maximum absolute atomic E-state index is 11.3. The largest absolute Gasteiger partial charge is 0.384 e. The molecular formula is C10H13O4PS. The molecule has 4 nitrogen and oxygen atoms in total. The average molecular weight is 260 g/mol. The molecule has 2 N–H and O–H groups in total. The fraction of sp³-hybridized carbons (Fsp3) is 0.300. The summed E-state index contributed by atoms with van der Waals surface area (Å²) in [7, 11) is 0. The molecule has 1 rings (SSSR count). The summed E-state index contributed by atoms with van der Waals surface area (Å²) in [5.41, 5.74) is 1.42. The maximum atomic E-state index is 11.3. The van der Waals surface area contributed by atoms with Crippen LogP contribution in [0.4, 0.5) is 0 Å². The molecule has 0 saturated carbocycles. The van der Waals surface area contributed by atoms with Crippen LogP contribution in [0.5, 0.6) is 0 Å². The lowest BCUT2D eigenvalue weighted by Crippen LogP contribution is -1.95. The van der Waals surface area contributed by atoms with E-state index in [9.17, 15) is 9.36 Å². The van der Waals surface area contributed by atoms with Crippen LogP contribution < -0.4 is 0 Å². The smallest absolute Gasteiger partial charge is 0.317 e. The Morgan fingerprint density at radius 1 is 1.31 bits per heavy atom. The summed E-state index contributed by atoms with van der Waals surface area (Å²) in [6, 6.07) is 6.79. The molecule has 0 aromatic heterocycles. The Balaban J connectivity index is 2.65. The molecule has 16 heavy (non-hydrogen) atoms. The highest BCUT2D eigenvalue weighted by molar-refractivity contribution is 8.54. The fourth-order valence-electron chi connectivity index (χ4n) is 1.15. The first-order valence-corrected chi connectivity index (χ1v) is 7.95. The van der Waals surface area contributed by atoms with Gasteiger partial charge in [-0.05, 0) is 16.9 Å². The Kier molecular flexibility index (Phi) is 4.74. The molecule has 88 valence electrons. The van der Waals surface area contributed by atoms with Crippen molar-refractivity contribution >= 4 is 24.0 Å². The molecule has 0 aliphatic heterocycles. The highest BCUT2D eigenvalue weighted by Crippen LogP contribution is 2.51. The summed E-state index contributed by atoms with van der Waals surface area (Å²) in [5, 5.41) is 0. The van der Waals surface area contributed by atoms with Gasteiger partial charge in [0.2, 0.25) is 0 Å². The minimum absolute atomic E-state index is 0.0641. The van der Waals surface area contributed by atoms with Gasteiger partial charge in [0.25, 0.3) is 0 Å². The first kappa shape index (κ1) is 13.5. The second-order valence-electron chi connectivity index (χ2n) is 3.24. The van der Waals surface area contributed by atoms with Crippen molar-refractivity contribution < 1.29 is 19.1 Å². The van der Waals surface area contributed by atoms with Crippen LogP contribution in [0.25, 0.3) is 0 Å². The number of hydrogen-bond acceptors (Lipinski definition) is 3. The molecule has 0 aliphatic rings. The van der Waals surface area contributed by atoms with E-state index in [-0.39, 0.29) is 11.5 Å². The van der Waals surface area contributed by atoms with Gasteiger partial charge < -0.3 is 9.79 Å². The molecule has 0 spiro atoms. The predicted molar refractivity (Wildman–Crippen MR) is 64.4 cm³/mol. The third-order valence-electron chi connectivity index (χ3n) is 2.00. The Morgan fingerprint density at radius 3 is 2.31 bits per heavy atom. The van der Waals surface area contributed by atoms with E-state index in [0.29, 0.717) is 23.4 Å². The van der Waals surface area contributed by atoms with Gasteiger partial charge in [0, 0.05) is 17.7 Å². The van der Waals surface area contributed by atoms with Crippen molar-refractivity contribution in [3.63, 3.8) is 0 Å². The van der Waals surface area contributed by atoms with E-state index >= 15 is 0 Å². The number of ketones is 1. The Bertz CT molecular complexity index is 409. The molecule has 0 saturated heterocycles. The van der Waals surface area contributed by atoms with Gasteiger partial charge in [-0.15, -0.1) is 0 Å². The van der Waals surface area contributed by atoms with Crippen LogP contribution in [0, 0.1) is 0 Å². The quantitative estimate of drug-likeness (QED) is 0.628. The number of carbonyl (C=O) groups excluding carboxylic acids is 1. The molecule has 1 aromatic carbocycles. The summed E-state index contributed by atoms with van der Waals surface area (Å²) in [5.74, 6) is 0.305. The number of rotatable bonds is 5. The molecule has 0 bridgehead atoms. The van der Waals surface area contributed by atoms with E-state index < -0.39 is 6.80 Å². The molecule has 1 aromatic rings. The summed E-state index contributed by atoms with van der Waals surface area (Å²) in [6.45, 7) is -2.23. The average Bonchev–Trinajstić information content (AvgIpc) is 2.25. The second kappa shape index (κ2) is 5.64. The van der Waals surface area contributed by atoms with Crippen molar-refractivity contribution in [2.24, 2.45) is 0 Å². The number of hydrogen-bond donors (Lipinski definition) is 2. The third kappa shape index (κ3) is 4.49. The molecular weight excluding hydrogens is 247 g/mol. The van der Waals surface area contributed by atoms with Gasteiger partial charge in [-0.1, -0.05) is 31.2 Å². The molecule has 0 heterocycles. The normalized spacial score (nSPS) is 11.4. The van der Waals surface area contributed by atoms with E-state index in [0.717, 1.165) is 5.56 Å². The topological polar surface area (TPSA) is 74.6 Å². The van der Waals surface area contributed by atoms with Gasteiger partial charge in [-0.25, -0.2) is 4.57 Å². The number of benzene rings is 1. The Morgan fingerprint density at radius 2 is 1.88 bits per heavy atom. The fourth-order valence-corrected chi connectivity index (χ4v) is 2.61. The number of Topliss-reactive ketones (excluding diaryl/α,β-unsaturated/α-hetero) is 1. The van der Waals surface area contributed by atoms with Crippen LogP contribution in [0.15, 0.2) is 24.3 Å². The molecule has 0 unspecified atom stereocenters. The van der Waals surface area contributed by atoms with E-state index in [2.05, 4.69) is 0 Å². The van der Waals surface area contributed by atoms with Gasteiger partial charge >= 0.3 is 6.80 Å². The Labute approximate surface area is 98.0 Å². The van der Waals surface area contributed by atoms with Gasteiger partial charge in [-0.3, -0.25) is 4.79 Å². The van der Waals surface area contributed by atoms with Gasteiger partial charge in [0.15, 0.2) is 5.78 Å². The first-order valence-electron chi connectivity index (χ1n) is 4.74. The SMILES string of the molecule is CCC(=O)c1ccc(CSP(=O)(O)O)cc1. The van der Waals surface area contributed by atoms with Crippen LogP contribution in [0.3, 0.4) is 0 Å². The lowest BCUT2D eigenvalue weighted by Gasteiger charge is -2.04. The molecule has 0 radical (unpaired) electrons. The van der Waals surface area contributed by atoms with Crippen LogP contribution >= 0.6 is 18.2 Å². The number of carbonyl (C=O) groups is 1. The van der Waals surface area contributed by atoms with Crippen LogP contribution in [0.1, 0.15) is 29.3 Å². The zero-order valence-electron chi connectivity index (χ0n) is 8.79. The molecule has 0 aliphatic carbocycles. The predicted octanol–water partition coefficient (Wildman–Crippen LogP) is 2.61. The van der Waals surface area contributed by atoms with Crippen LogP contribution in [-0.4, -0.2) is 15.6 Å². The van der Waals surface area contributed by atoms with E-state index in [1.54, 1.807) is 31.2 Å². The monoisotopic (exact) mass is 260 g/mol. The van der Waals surface area contributed by atoms with Gasteiger partial charge in [-0.2, -0.15) is 0 Å². The molecule has 0 amide bonds. The molecule has 0 fully saturated rings. The zero-order chi connectivity index (χ0) is 12.2. The van der Waals surface area contributed by atoms with Crippen molar-refractivity contribution in [3.8, 4) is 0 Å². The summed E-state index contributed by atoms with van der Waals surface area (Å²) < 4.78 is 10.6. The van der Waals surface area contributed by atoms with Crippen LogP contribution in [0.2, 0.25) is 0 Å². The van der Waals surface area contributed by atoms with E-state index in [1.165, 1.54) is 0 Å². The summed E-state index contributed by atoms with van der Waals surface area (Å²) >= 11 is 0.588. The third-order valence-corrected chi connectivity index (χ3v) is 4.19. The van der Waals surface area contributed by atoms with Crippen molar-refractivity contribution in [2.45, 2.75) is 19.1 Å². The summed E-state index contributed by atoms with van der Waals surface area (Å²) in [6.07, 6.45) is 0.455. The molecule has 6 heteroatoms. The summed E-state index contributed by atoms with van der Waals surface area (Å²) in [4.78, 5) is 28.7. The second-order valence-corrected chi connectivity index (χ2v) is 6.97. The lowest BCUT2D eigenvalue weighted by molar-refractivity contribution is 0.0988. The first-order chi connectivity index (χ1) is 7.42. The van der Waals surface area contributed by atoms with Gasteiger partial charge in [0.1, 0.15) is 0 Å². The van der Waals surface area contributed by atoms with Crippen molar-refractivity contribution in [1.82, 2.24) is 0 Å². The minimum atomic E-state index is -4.02. The zero-order valence-corrected chi connectivity index (χ0v) is 10.5. The standard InChI is InChI=1S/C10H13O4PS/c1-2-10(11)9-5-3-8(4-6-9)7-16-15(12,13)14/h3-6H,2,7H2,1H3,(H2,12,13,14). The highest BCUT2D eigenvalue weighted by Gasteiger charge is 2.13. The van der Waals surface area contributed by atoms with Crippen molar-refractivity contribution in [2.75, 3.05) is 0 Å². The maximum Gasteiger partial charge on any atom is 0.384 e.